The molecule has 4 heteroatoms. The van der Waals surface area contributed by atoms with E-state index in [1.54, 1.807) is 12.1 Å². The highest BCUT2D eigenvalue weighted by atomic mass is 35.5. The Labute approximate surface area is 138 Å². The molecule has 0 N–H and O–H groups in total. The number of rotatable bonds is 5. The van der Waals surface area contributed by atoms with Crippen molar-refractivity contribution >= 4 is 22.4 Å². The SMILES string of the molecule is FC(F)c1ccc(COc2ccc3ccccc3c2CCl)cc1. The Balaban J connectivity index is 1.81. The van der Waals surface area contributed by atoms with Gasteiger partial charge in [-0.25, -0.2) is 8.78 Å². The first-order chi connectivity index (χ1) is 11.2. The molecule has 3 rings (SSSR count). The van der Waals surface area contributed by atoms with E-state index in [2.05, 4.69) is 0 Å². The maximum Gasteiger partial charge on any atom is 0.263 e. The lowest BCUT2D eigenvalue weighted by atomic mass is 10.0. The maximum atomic E-state index is 12.6. The Morgan fingerprint density at radius 1 is 0.913 bits per heavy atom. The molecular weight excluding hydrogens is 318 g/mol. The van der Waals surface area contributed by atoms with Crippen LogP contribution in [0.1, 0.15) is 23.1 Å². The minimum absolute atomic E-state index is 0.0147. The van der Waals surface area contributed by atoms with Crippen molar-refractivity contribution in [1.29, 1.82) is 0 Å². The van der Waals surface area contributed by atoms with Crippen molar-refractivity contribution in [3.63, 3.8) is 0 Å². The van der Waals surface area contributed by atoms with Gasteiger partial charge in [-0.1, -0.05) is 54.6 Å². The Morgan fingerprint density at radius 3 is 2.35 bits per heavy atom. The second-order valence-electron chi connectivity index (χ2n) is 5.23. The largest absolute Gasteiger partial charge is 0.489 e. The molecule has 118 valence electrons. The molecule has 0 unspecified atom stereocenters. The monoisotopic (exact) mass is 332 g/mol. The normalized spacial score (nSPS) is 11.1. The predicted octanol–water partition coefficient (Wildman–Crippen LogP) is 6.10. The molecule has 0 amide bonds. The quantitative estimate of drug-likeness (QED) is 0.513. The zero-order valence-corrected chi connectivity index (χ0v) is 13.1. The van der Waals surface area contributed by atoms with Gasteiger partial charge in [0, 0.05) is 11.1 Å². The zero-order valence-electron chi connectivity index (χ0n) is 12.3. The number of hydrogen-bond donors (Lipinski definition) is 0. The van der Waals surface area contributed by atoms with Crippen LogP contribution in [0.2, 0.25) is 0 Å². The fourth-order valence-electron chi connectivity index (χ4n) is 2.51. The highest BCUT2D eigenvalue weighted by Gasteiger charge is 2.09. The minimum atomic E-state index is -2.45. The van der Waals surface area contributed by atoms with Gasteiger partial charge in [-0.2, -0.15) is 0 Å². The molecule has 0 bridgehead atoms. The van der Waals surface area contributed by atoms with Gasteiger partial charge in [0.05, 0.1) is 5.88 Å². The highest BCUT2D eigenvalue weighted by Crippen LogP contribution is 2.30. The summed E-state index contributed by atoms with van der Waals surface area (Å²) < 4.78 is 31.0. The maximum absolute atomic E-state index is 12.6. The van der Waals surface area contributed by atoms with E-state index in [-0.39, 0.29) is 5.56 Å². The minimum Gasteiger partial charge on any atom is -0.489 e. The third kappa shape index (κ3) is 3.45. The second kappa shape index (κ2) is 6.97. The Kier molecular flexibility index (Phi) is 4.77. The van der Waals surface area contributed by atoms with E-state index in [0.29, 0.717) is 12.5 Å². The first-order valence-corrected chi connectivity index (χ1v) is 7.79. The van der Waals surface area contributed by atoms with Gasteiger partial charge in [-0.15, -0.1) is 11.6 Å². The summed E-state index contributed by atoms with van der Waals surface area (Å²) in [6, 6.07) is 18.0. The van der Waals surface area contributed by atoms with E-state index < -0.39 is 6.43 Å². The van der Waals surface area contributed by atoms with E-state index in [1.165, 1.54) is 12.1 Å². The van der Waals surface area contributed by atoms with Crippen molar-refractivity contribution in [1.82, 2.24) is 0 Å². The van der Waals surface area contributed by atoms with Crippen LogP contribution in [-0.2, 0) is 12.5 Å². The van der Waals surface area contributed by atoms with Crippen LogP contribution in [0.25, 0.3) is 10.8 Å². The fraction of sp³-hybridized carbons (Fsp3) is 0.158. The van der Waals surface area contributed by atoms with Crippen molar-refractivity contribution in [2.75, 3.05) is 0 Å². The summed E-state index contributed by atoms with van der Waals surface area (Å²) in [7, 11) is 0. The van der Waals surface area contributed by atoms with E-state index >= 15 is 0 Å². The van der Waals surface area contributed by atoms with Gasteiger partial charge < -0.3 is 4.74 Å². The summed E-state index contributed by atoms with van der Waals surface area (Å²) in [5.74, 6) is 1.07. The third-order valence-electron chi connectivity index (χ3n) is 3.76. The van der Waals surface area contributed by atoms with Crippen molar-refractivity contribution in [3.8, 4) is 5.75 Å². The molecule has 0 heterocycles. The molecule has 0 atom stereocenters. The van der Waals surface area contributed by atoms with Gasteiger partial charge >= 0.3 is 0 Å². The molecule has 0 fully saturated rings. The van der Waals surface area contributed by atoms with E-state index in [4.69, 9.17) is 16.3 Å². The molecule has 3 aromatic rings. The number of halogens is 3. The number of fused-ring (bicyclic) bond motifs is 1. The van der Waals surface area contributed by atoms with Crippen LogP contribution in [0.4, 0.5) is 8.78 Å². The lowest BCUT2D eigenvalue weighted by Gasteiger charge is -2.13. The number of benzene rings is 3. The Bertz CT molecular complexity index is 800. The van der Waals surface area contributed by atoms with Gasteiger partial charge in [-0.3, -0.25) is 0 Å². The molecule has 0 saturated carbocycles. The average Bonchev–Trinajstić information content (AvgIpc) is 2.59. The third-order valence-corrected chi connectivity index (χ3v) is 4.02. The van der Waals surface area contributed by atoms with Crippen LogP contribution in [0.15, 0.2) is 60.7 Å². The summed E-state index contributed by atoms with van der Waals surface area (Å²) in [4.78, 5) is 0. The summed E-state index contributed by atoms with van der Waals surface area (Å²) >= 11 is 6.09. The molecule has 3 aromatic carbocycles. The van der Waals surface area contributed by atoms with E-state index in [0.717, 1.165) is 27.6 Å². The lowest BCUT2D eigenvalue weighted by Crippen LogP contribution is -1.99. The summed E-state index contributed by atoms with van der Waals surface area (Å²) in [5, 5.41) is 2.17. The zero-order chi connectivity index (χ0) is 16.2. The van der Waals surface area contributed by atoms with Crippen molar-refractivity contribution in [2.45, 2.75) is 18.9 Å². The smallest absolute Gasteiger partial charge is 0.263 e. The van der Waals surface area contributed by atoms with E-state index in [9.17, 15) is 8.78 Å². The second-order valence-corrected chi connectivity index (χ2v) is 5.50. The molecule has 0 aromatic heterocycles. The average molecular weight is 333 g/mol. The first kappa shape index (κ1) is 15.8. The summed E-state index contributed by atoms with van der Waals surface area (Å²) in [6.07, 6.45) is -2.45. The van der Waals surface area contributed by atoms with Gasteiger partial charge in [0.2, 0.25) is 0 Å². The first-order valence-electron chi connectivity index (χ1n) is 7.25. The van der Waals surface area contributed by atoms with Crippen molar-refractivity contribution in [2.24, 2.45) is 0 Å². The molecule has 0 radical (unpaired) electrons. The highest BCUT2D eigenvalue weighted by molar-refractivity contribution is 6.18. The Morgan fingerprint density at radius 2 is 1.65 bits per heavy atom. The van der Waals surface area contributed by atoms with Crippen LogP contribution in [0.5, 0.6) is 5.75 Å². The van der Waals surface area contributed by atoms with Crippen LogP contribution >= 0.6 is 11.6 Å². The van der Waals surface area contributed by atoms with Crippen LogP contribution in [-0.4, -0.2) is 0 Å². The molecule has 0 spiro atoms. The van der Waals surface area contributed by atoms with Gasteiger partial charge in [0.25, 0.3) is 6.43 Å². The molecule has 0 saturated heterocycles. The molecular formula is C19H15ClF2O. The van der Waals surface area contributed by atoms with Crippen LogP contribution < -0.4 is 4.74 Å². The molecule has 23 heavy (non-hydrogen) atoms. The molecule has 1 nitrogen and oxygen atoms in total. The van der Waals surface area contributed by atoms with Gasteiger partial charge in [0.1, 0.15) is 12.4 Å². The molecule has 0 aliphatic heterocycles. The van der Waals surface area contributed by atoms with Crippen LogP contribution in [0.3, 0.4) is 0 Å². The topological polar surface area (TPSA) is 9.23 Å². The molecule has 0 aliphatic rings. The van der Waals surface area contributed by atoms with E-state index in [1.807, 2.05) is 36.4 Å². The number of hydrogen-bond acceptors (Lipinski definition) is 1. The predicted molar refractivity (Wildman–Crippen MR) is 89.2 cm³/mol. The number of alkyl halides is 3. The van der Waals surface area contributed by atoms with Crippen molar-refractivity contribution in [3.05, 3.63) is 77.4 Å². The van der Waals surface area contributed by atoms with Gasteiger partial charge in [-0.05, 0) is 22.4 Å². The fourth-order valence-corrected chi connectivity index (χ4v) is 2.79. The van der Waals surface area contributed by atoms with Crippen molar-refractivity contribution < 1.29 is 13.5 Å². The summed E-state index contributed by atoms with van der Waals surface area (Å²) in [6.45, 7) is 0.311. The van der Waals surface area contributed by atoms with Crippen LogP contribution in [0, 0.1) is 0 Å². The standard InChI is InChI=1S/C19H15ClF2O/c20-11-17-16-4-2-1-3-14(16)9-10-18(17)23-12-13-5-7-15(8-6-13)19(21)22/h1-10,19H,11-12H2. The summed E-state index contributed by atoms with van der Waals surface area (Å²) in [5.41, 5.74) is 1.79. The Hall–Kier alpha value is -2.13. The molecule has 0 aliphatic carbocycles. The van der Waals surface area contributed by atoms with Gasteiger partial charge in [0.15, 0.2) is 0 Å². The lowest BCUT2D eigenvalue weighted by molar-refractivity contribution is 0.151. The number of ether oxygens (including phenoxy) is 1.